The van der Waals surface area contributed by atoms with Crippen LogP contribution in [-0.2, 0) is 4.74 Å². The average Bonchev–Trinajstić information content (AvgIpc) is 2.35. The molecule has 1 aromatic rings. The van der Waals surface area contributed by atoms with Gasteiger partial charge in [-0.1, -0.05) is 6.92 Å². The molecule has 0 heterocycles. The van der Waals surface area contributed by atoms with E-state index in [1.165, 1.54) is 0 Å². The summed E-state index contributed by atoms with van der Waals surface area (Å²) in [6.45, 7) is 4.39. The molecule has 0 N–H and O–H groups in total. The fourth-order valence-corrected chi connectivity index (χ4v) is 1.52. The van der Waals surface area contributed by atoms with Gasteiger partial charge < -0.3 is 9.47 Å². The van der Waals surface area contributed by atoms with E-state index in [0.29, 0.717) is 18.6 Å². The first-order valence-corrected chi connectivity index (χ1v) is 5.52. The number of hydrogen-bond donors (Lipinski definition) is 0. The Bertz CT molecular complexity index is 330. The highest BCUT2D eigenvalue weighted by Gasteiger charge is 2.17. The van der Waals surface area contributed by atoms with Gasteiger partial charge in [0.25, 0.3) is 0 Å². The molecule has 0 aromatic heterocycles. The molecular formula is C13H18O3. The number of carbonyl (C=O) groups is 1. The largest absolute Gasteiger partial charge is 0.497 e. The van der Waals surface area contributed by atoms with Crippen molar-refractivity contribution in [3.05, 3.63) is 29.8 Å². The maximum absolute atomic E-state index is 12.0. The van der Waals surface area contributed by atoms with Crippen molar-refractivity contribution in [2.75, 3.05) is 13.7 Å². The number of ketones is 1. The first kappa shape index (κ1) is 12.7. The van der Waals surface area contributed by atoms with Gasteiger partial charge in [0.05, 0.1) is 7.11 Å². The highest BCUT2D eigenvalue weighted by Crippen LogP contribution is 2.14. The number of hydrogen-bond acceptors (Lipinski definition) is 3. The molecule has 0 aliphatic rings. The summed E-state index contributed by atoms with van der Waals surface area (Å²) in [7, 11) is 1.60. The Balaban J connectivity index is 2.78. The van der Waals surface area contributed by atoms with Crippen LogP contribution in [0.4, 0.5) is 0 Å². The third-order valence-electron chi connectivity index (χ3n) is 2.41. The molecule has 0 radical (unpaired) electrons. The summed E-state index contributed by atoms with van der Waals surface area (Å²) in [4.78, 5) is 12.0. The van der Waals surface area contributed by atoms with Crippen LogP contribution in [0.1, 0.15) is 30.6 Å². The molecule has 0 bridgehead atoms. The van der Waals surface area contributed by atoms with Crippen molar-refractivity contribution in [3.8, 4) is 5.75 Å². The summed E-state index contributed by atoms with van der Waals surface area (Å²) in [6, 6.07) is 7.10. The monoisotopic (exact) mass is 222 g/mol. The molecule has 1 unspecified atom stereocenters. The second kappa shape index (κ2) is 6.28. The van der Waals surface area contributed by atoms with Gasteiger partial charge in [-0.05, 0) is 37.6 Å². The summed E-state index contributed by atoms with van der Waals surface area (Å²) in [5.74, 6) is 0.785. The predicted molar refractivity (Wildman–Crippen MR) is 63.0 cm³/mol. The van der Waals surface area contributed by atoms with Gasteiger partial charge in [0.15, 0.2) is 5.78 Å². The van der Waals surface area contributed by atoms with E-state index in [-0.39, 0.29) is 11.9 Å². The summed E-state index contributed by atoms with van der Waals surface area (Å²) >= 11 is 0. The standard InChI is InChI=1S/C13H18O3/c1-4-12(16-5-2)13(14)10-6-8-11(15-3)9-7-10/h6-9,12H,4-5H2,1-3H3. The Morgan fingerprint density at radius 1 is 1.25 bits per heavy atom. The lowest BCUT2D eigenvalue weighted by molar-refractivity contribution is 0.0444. The Morgan fingerprint density at radius 3 is 2.31 bits per heavy atom. The van der Waals surface area contributed by atoms with Gasteiger partial charge in [-0.25, -0.2) is 0 Å². The van der Waals surface area contributed by atoms with E-state index in [9.17, 15) is 4.79 Å². The topological polar surface area (TPSA) is 35.5 Å². The van der Waals surface area contributed by atoms with Crippen LogP contribution >= 0.6 is 0 Å². The van der Waals surface area contributed by atoms with Gasteiger partial charge in [-0.15, -0.1) is 0 Å². The molecule has 1 rings (SSSR count). The van der Waals surface area contributed by atoms with Crippen LogP contribution in [0.2, 0.25) is 0 Å². The maximum atomic E-state index is 12.0. The number of benzene rings is 1. The molecule has 16 heavy (non-hydrogen) atoms. The first-order chi connectivity index (χ1) is 7.72. The zero-order valence-corrected chi connectivity index (χ0v) is 10.0. The number of ether oxygens (including phenoxy) is 2. The molecule has 0 amide bonds. The second-order valence-electron chi connectivity index (χ2n) is 3.44. The van der Waals surface area contributed by atoms with E-state index in [0.717, 1.165) is 5.75 Å². The Labute approximate surface area is 96.4 Å². The van der Waals surface area contributed by atoms with Crippen LogP contribution in [0.25, 0.3) is 0 Å². The Morgan fingerprint density at radius 2 is 1.88 bits per heavy atom. The van der Waals surface area contributed by atoms with Crippen LogP contribution in [0.15, 0.2) is 24.3 Å². The van der Waals surface area contributed by atoms with E-state index >= 15 is 0 Å². The van der Waals surface area contributed by atoms with Crippen LogP contribution in [0.5, 0.6) is 5.75 Å². The van der Waals surface area contributed by atoms with Crippen molar-refractivity contribution >= 4 is 5.78 Å². The van der Waals surface area contributed by atoms with Gasteiger partial charge in [0, 0.05) is 12.2 Å². The molecule has 88 valence electrons. The van der Waals surface area contributed by atoms with Crippen molar-refractivity contribution in [1.29, 1.82) is 0 Å². The summed E-state index contributed by atoms with van der Waals surface area (Å²) in [5, 5.41) is 0. The number of rotatable bonds is 6. The molecule has 0 aliphatic heterocycles. The minimum absolute atomic E-state index is 0.0343. The molecule has 0 saturated carbocycles. The van der Waals surface area contributed by atoms with Crippen molar-refractivity contribution in [2.24, 2.45) is 0 Å². The Kier molecular flexibility index (Phi) is 4.99. The molecule has 3 heteroatoms. The molecule has 0 saturated heterocycles. The lowest BCUT2D eigenvalue weighted by Crippen LogP contribution is -2.23. The lowest BCUT2D eigenvalue weighted by Gasteiger charge is -2.13. The molecular weight excluding hydrogens is 204 g/mol. The van der Waals surface area contributed by atoms with Crippen LogP contribution in [0, 0.1) is 0 Å². The van der Waals surface area contributed by atoms with E-state index in [1.807, 2.05) is 13.8 Å². The average molecular weight is 222 g/mol. The minimum Gasteiger partial charge on any atom is -0.497 e. The number of methoxy groups -OCH3 is 1. The van der Waals surface area contributed by atoms with Crippen LogP contribution in [0.3, 0.4) is 0 Å². The fourth-order valence-electron chi connectivity index (χ4n) is 1.52. The molecule has 1 aromatic carbocycles. The van der Waals surface area contributed by atoms with Crippen molar-refractivity contribution in [3.63, 3.8) is 0 Å². The van der Waals surface area contributed by atoms with Gasteiger partial charge in [0.1, 0.15) is 11.9 Å². The molecule has 3 nitrogen and oxygen atoms in total. The third kappa shape index (κ3) is 3.07. The first-order valence-electron chi connectivity index (χ1n) is 5.52. The summed E-state index contributed by atoms with van der Waals surface area (Å²) in [5.41, 5.74) is 0.668. The molecule has 1 atom stereocenters. The predicted octanol–water partition coefficient (Wildman–Crippen LogP) is 2.69. The van der Waals surface area contributed by atoms with Crippen molar-refractivity contribution in [2.45, 2.75) is 26.4 Å². The van der Waals surface area contributed by atoms with Gasteiger partial charge in [-0.2, -0.15) is 0 Å². The normalized spacial score (nSPS) is 12.2. The lowest BCUT2D eigenvalue weighted by atomic mass is 10.0. The van der Waals surface area contributed by atoms with Gasteiger partial charge in [-0.3, -0.25) is 4.79 Å². The minimum atomic E-state index is -0.335. The highest BCUT2D eigenvalue weighted by atomic mass is 16.5. The van der Waals surface area contributed by atoms with Gasteiger partial charge in [0.2, 0.25) is 0 Å². The fraction of sp³-hybridized carbons (Fsp3) is 0.462. The molecule has 0 aliphatic carbocycles. The van der Waals surface area contributed by atoms with Gasteiger partial charge >= 0.3 is 0 Å². The van der Waals surface area contributed by atoms with E-state index in [1.54, 1.807) is 31.4 Å². The SMILES string of the molecule is CCOC(CC)C(=O)c1ccc(OC)cc1. The zero-order valence-electron chi connectivity index (χ0n) is 10.0. The number of Topliss-reactive ketones (excluding diaryl/α,β-unsaturated/α-hetero) is 1. The highest BCUT2D eigenvalue weighted by molar-refractivity contribution is 5.99. The van der Waals surface area contributed by atoms with E-state index in [2.05, 4.69) is 0 Å². The van der Waals surface area contributed by atoms with E-state index in [4.69, 9.17) is 9.47 Å². The third-order valence-corrected chi connectivity index (χ3v) is 2.41. The smallest absolute Gasteiger partial charge is 0.191 e. The zero-order chi connectivity index (χ0) is 12.0. The second-order valence-corrected chi connectivity index (χ2v) is 3.44. The van der Waals surface area contributed by atoms with E-state index < -0.39 is 0 Å². The summed E-state index contributed by atoms with van der Waals surface area (Å²) in [6.07, 6.45) is 0.358. The van der Waals surface area contributed by atoms with Crippen molar-refractivity contribution < 1.29 is 14.3 Å². The van der Waals surface area contributed by atoms with Crippen molar-refractivity contribution in [1.82, 2.24) is 0 Å². The van der Waals surface area contributed by atoms with Crippen LogP contribution < -0.4 is 4.74 Å². The Hall–Kier alpha value is -1.35. The maximum Gasteiger partial charge on any atom is 0.191 e. The molecule has 0 spiro atoms. The van der Waals surface area contributed by atoms with Crippen LogP contribution in [-0.4, -0.2) is 25.6 Å². The molecule has 0 fully saturated rings. The quantitative estimate of drug-likeness (QED) is 0.694. The summed E-state index contributed by atoms with van der Waals surface area (Å²) < 4.78 is 10.4. The number of carbonyl (C=O) groups excluding carboxylic acids is 1.